The van der Waals surface area contributed by atoms with Crippen molar-refractivity contribution in [3.05, 3.63) is 47.1 Å². The summed E-state index contributed by atoms with van der Waals surface area (Å²) in [5.41, 5.74) is 1.25. The van der Waals surface area contributed by atoms with Gasteiger partial charge >= 0.3 is 0 Å². The standard InChI is InChI=1S/C18H26ClNO2/c1-4-12-20(5-2)14-18(21-13-15(3)22-18)11-10-16-6-8-17(19)9-7-16/h4,6-9,12,15H,5,10-11,13-14H2,1-3H3/b12-4-/t15-,18-/m0/s1. The van der Waals surface area contributed by atoms with E-state index in [9.17, 15) is 0 Å². The summed E-state index contributed by atoms with van der Waals surface area (Å²) in [5, 5.41) is 0.769. The molecule has 1 heterocycles. The SMILES string of the molecule is C/C=C\N(CC)C[C@@]1(CCc2ccc(Cl)cc2)OC[C@H](C)O1. The van der Waals surface area contributed by atoms with E-state index in [2.05, 4.69) is 43.2 Å². The van der Waals surface area contributed by atoms with Gasteiger partial charge in [0.1, 0.15) is 0 Å². The summed E-state index contributed by atoms with van der Waals surface area (Å²) in [5.74, 6) is -0.519. The van der Waals surface area contributed by atoms with E-state index in [0.29, 0.717) is 6.61 Å². The molecule has 0 saturated carbocycles. The molecule has 22 heavy (non-hydrogen) atoms. The van der Waals surface area contributed by atoms with Gasteiger partial charge in [0.05, 0.1) is 19.3 Å². The van der Waals surface area contributed by atoms with Crippen LogP contribution in [0.1, 0.15) is 32.8 Å². The van der Waals surface area contributed by atoms with E-state index in [1.807, 2.05) is 19.1 Å². The van der Waals surface area contributed by atoms with Crippen molar-refractivity contribution in [1.82, 2.24) is 4.90 Å². The molecule has 3 nitrogen and oxygen atoms in total. The maximum Gasteiger partial charge on any atom is 0.186 e. The largest absolute Gasteiger partial charge is 0.373 e. The van der Waals surface area contributed by atoms with E-state index in [1.165, 1.54) is 5.56 Å². The van der Waals surface area contributed by atoms with Crippen LogP contribution in [0.3, 0.4) is 0 Å². The molecule has 2 atom stereocenters. The van der Waals surface area contributed by atoms with Gasteiger partial charge < -0.3 is 14.4 Å². The second kappa shape index (κ2) is 8.00. The first-order valence-electron chi connectivity index (χ1n) is 8.00. The first-order chi connectivity index (χ1) is 10.6. The van der Waals surface area contributed by atoms with Crippen LogP contribution in [0.25, 0.3) is 0 Å². The fourth-order valence-electron chi connectivity index (χ4n) is 2.77. The van der Waals surface area contributed by atoms with Crippen molar-refractivity contribution >= 4 is 11.6 Å². The third-order valence-corrected chi connectivity index (χ3v) is 4.17. The lowest BCUT2D eigenvalue weighted by molar-refractivity contribution is -0.179. The van der Waals surface area contributed by atoms with Gasteiger partial charge in [0.15, 0.2) is 5.79 Å². The molecule has 0 aromatic heterocycles. The topological polar surface area (TPSA) is 21.7 Å². The maximum absolute atomic E-state index is 6.15. The molecule has 1 aromatic carbocycles. The molecule has 0 bridgehead atoms. The fourth-order valence-corrected chi connectivity index (χ4v) is 2.90. The normalized spacial score (nSPS) is 25.0. The summed E-state index contributed by atoms with van der Waals surface area (Å²) in [6.07, 6.45) is 6.05. The lowest BCUT2D eigenvalue weighted by atomic mass is 10.0. The molecule has 1 fully saturated rings. The van der Waals surface area contributed by atoms with Crippen LogP contribution in [0.2, 0.25) is 5.02 Å². The first-order valence-corrected chi connectivity index (χ1v) is 8.38. The van der Waals surface area contributed by atoms with E-state index >= 15 is 0 Å². The predicted molar refractivity (Wildman–Crippen MR) is 91.1 cm³/mol. The van der Waals surface area contributed by atoms with Crippen molar-refractivity contribution in [1.29, 1.82) is 0 Å². The van der Waals surface area contributed by atoms with Crippen LogP contribution in [0, 0.1) is 0 Å². The zero-order chi connectivity index (χ0) is 16.0. The van der Waals surface area contributed by atoms with Gasteiger partial charge in [-0.1, -0.05) is 29.8 Å². The second-order valence-electron chi connectivity index (χ2n) is 5.82. The number of aryl methyl sites for hydroxylation is 1. The number of hydrogen-bond acceptors (Lipinski definition) is 3. The highest BCUT2D eigenvalue weighted by atomic mass is 35.5. The average molecular weight is 324 g/mol. The van der Waals surface area contributed by atoms with Gasteiger partial charge in [-0.05, 0) is 51.1 Å². The Kier molecular flexibility index (Phi) is 6.30. The summed E-state index contributed by atoms with van der Waals surface area (Å²) in [6.45, 7) is 8.59. The molecule has 1 saturated heterocycles. The monoisotopic (exact) mass is 323 g/mol. The highest BCUT2D eigenvalue weighted by molar-refractivity contribution is 6.30. The smallest absolute Gasteiger partial charge is 0.186 e. The number of rotatable bonds is 7. The van der Waals surface area contributed by atoms with Crippen LogP contribution in [0.15, 0.2) is 36.5 Å². The van der Waals surface area contributed by atoms with Crippen molar-refractivity contribution in [2.24, 2.45) is 0 Å². The molecular weight excluding hydrogens is 298 g/mol. The Hall–Kier alpha value is -1.03. The molecule has 1 aliphatic heterocycles. The Labute approximate surface area is 138 Å². The van der Waals surface area contributed by atoms with E-state index in [1.54, 1.807) is 0 Å². The third kappa shape index (κ3) is 4.73. The van der Waals surface area contributed by atoms with Crippen LogP contribution in [0.5, 0.6) is 0 Å². The summed E-state index contributed by atoms with van der Waals surface area (Å²) in [6, 6.07) is 8.00. The molecule has 0 N–H and O–H groups in total. The number of halogens is 1. The number of ether oxygens (including phenoxy) is 2. The zero-order valence-corrected chi connectivity index (χ0v) is 14.5. The minimum Gasteiger partial charge on any atom is -0.373 e. The van der Waals surface area contributed by atoms with Crippen molar-refractivity contribution in [2.45, 2.75) is 45.5 Å². The van der Waals surface area contributed by atoms with Crippen molar-refractivity contribution in [2.75, 3.05) is 19.7 Å². The average Bonchev–Trinajstić information content (AvgIpc) is 2.88. The number of allylic oxidation sites excluding steroid dienone is 1. The number of nitrogens with zero attached hydrogens (tertiary/aromatic N) is 1. The van der Waals surface area contributed by atoms with Gasteiger partial charge in [-0.2, -0.15) is 0 Å². The number of likely N-dealkylation sites (N-methyl/N-ethyl adjacent to an activating group) is 1. The summed E-state index contributed by atoms with van der Waals surface area (Å²) in [7, 11) is 0. The zero-order valence-electron chi connectivity index (χ0n) is 13.7. The van der Waals surface area contributed by atoms with Crippen LogP contribution < -0.4 is 0 Å². The molecule has 122 valence electrons. The Balaban J connectivity index is 2.03. The molecule has 0 amide bonds. The number of hydrogen-bond donors (Lipinski definition) is 0. The van der Waals surface area contributed by atoms with E-state index in [-0.39, 0.29) is 6.10 Å². The van der Waals surface area contributed by atoms with E-state index < -0.39 is 5.79 Å². The summed E-state index contributed by atoms with van der Waals surface area (Å²) in [4.78, 5) is 2.24. The molecular formula is C18H26ClNO2. The third-order valence-electron chi connectivity index (χ3n) is 3.91. The molecule has 0 radical (unpaired) electrons. The minimum atomic E-state index is -0.519. The Bertz CT molecular complexity index is 488. The highest BCUT2D eigenvalue weighted by Crippen LogP contribution is 2.30. The Morgan fingerprint density at radius 2 is 2.09 bits per heavy atom. The van der Waals surface area contributed by atoms with Crippen molar-refractivity contribution in [3.63, 3.8) is 0 Å². The maximum atomic E-state index is 6.15. The van der Waals surface area contributed by atoms with Crippen LogP contribution in [-0.2, 0) is 15.9 Å². The molecule has 1 aromatic rings. The van der Waals surface area contributed by atoms with Gasteiger partial charge in [0, 0.05) is 18.0 Å². The van der Waals surface area contributed by atoms with Gasteiger partial charge in [0.2, 0.25) is 0 Å². The van der Waals surface area contributed by atoms with Crippen LogP contribution in [-0.4, -0.2) is 36.5 Å². The summed E-state index contributed by atoms with van der Waals surface area (Å²) >= 11 is 5.94. The van der Waals surface area contributed by atoms with Crippen molar-refractivity contribution < 1.29 is 9.47 Å². The molecule has 0 unspecified atom stereocenters. The lowest BCUT2D eigenvalue weighted by Crippen LogP contribution is -2.43. The minimum absolute atomic E-state index is 0.148. The number of benzene rings is 1. The van der Waals surface area contributed by atoms with Crippen LogP contribution >= 0.6 is 11.6 Å². The predicted octanol–water partition coefficient (Wildman–Crippen LogP) is 4.26. The van der Waals surface area contributed by atoms with Gasteiger partial charge in [0.25, 0.3) is 0 Å². The molecule has 0 spiro atoms. The van der Waals surface area contributed by atoms with E-state index in [0.717, 1.165) is 31.0 Å². The molecule has 4 heteroatoms. The Morgan fingerprint density at radius 3 is 2.64 bits per heavy atom. The van der Waals surface area contributed by atoms with Crippen LogP contribution in [0.4, 0.5) is 0 Å². The highest BCUT2D eigenvalue weighted by Gasteiger charge is 2.40. The molecule has 2 rings (SSSR count). The Morgan fingerprint density at radius 1 is 1.36 bits per heavy atom. The fraction of sp³-hybridized carbons (Fsp3) is 0.556. The lowest BCUT2D eigenvalue weighted by Gasteiger charge is -2.33. The second-order valence-corrected chi connectivity index (χ2v) is 6.26. The first kappa shape index (κ1) is 17.3. The van der Waals surface area contributed by atoms with E-state index in [4.69, 9.17) is 21.1 Å². The van der Waals surface area contributed by atoms with Crippen molar-refractivity contribution in [3.8, 4) is 0 Å². The summed E-state index contributed by atoms with van der Waals surface area (Å²) < 4.78 is 12.2. The molecule has 1 aliphatic rings. The van der Waals surface area contributed by atoms with Gasteiger partial charge in [-0.15, -0.1) is 0 Å². The quantitative estimate of drug-likeness (QED) is 0.748. The van der Waals surface area contributed by atoms with Gasteiger partial charge in [-0.25, -0.2) is 0 Å². The molecule has 0 aliphatic carbocycles. The van der Waals surface area contributed by atoms with Gasteiger partial charge in [-0.3, -0.25) is 0 Å².